The predicted molar refractivity (Wildman–Crippen MR) is 80.3 cm³/mol. The zero-order valence-corrected chi connectivity index (χ0v) is 13.8. The summed E-state index contributed by atoms with van der Waals surface area (Å²) in [6.45, 7) is 13.7. The Bertz CT molecular complexity index is 367. The summed E-state index contributed by atoms with van der Waals surface area (Å²) in [7, 11) is 0. The summed E-state index contributed by atoms with van der Waals surface area (Å²) in [6, 6.07) is 0.290. The summed E-state index contributed by atoms with van der Waals surface area (Å²) in [4.78, 5) is 14.7. The molecule has 4 atom stereocenters. The fourth-order valence-corrected chi connectivity index (χ4v) is 3.70. The molecule has 0 bridgehead atoms. The quantitative estimate of drug-likeness (QED) is 0.842. The topological polar surface area (TPSA) is 41.6 Å². The molecule has 1 saturated heterocycles. The van der Waals surface area contributed by atoms with Gasteiger partial charge in [-0.2, -0.15) is 0 Å². The first kappa shape index (κ1) is 15.8. The van der Waals surface area contributed by atoms with Gasteiger partial charge in [0.05, 0.1) is 18.3 Å². The fourth-order valence-electron chi connectivity index (χ4n) is 3.70. The van der Waals surface area contributed by atoms with Crippen molar-refractivity contribution in [2.24, 2.45) is 11.3 Å². The molecule has 4 heteroatoms. The molecule has 0 radical (unpaired) electrons. The van der Waals surface area contributed by atoms with E-state index in [2.05, 4.69) is 44.8 Å². The first-order chi connectivity index (χ1) is 9.28. The Labute approximate surface area is 123 Å². The van der Waals surface area contributed by atoms with Crippen LogP contribution in [0, 0.1) is 11.3 Å². The lowest BCUT2D eigenvalue weighted by molar-refractivity contribution is -0.167. The molecule has 4 unspecified atom stereocenters. The molecule has 1 aliphatic carbocycles. The van der Waals surface area contributed by atoms with Crippen LogP contribution in [0.15, 0.2) is 0 Å². The van der Waals surface area contributed by atoms with Gasteiger partial charge in [-0.15, -0.1) is 0 Å². The van der Waals surface area contributed by atoms with Crippen LogP contribution in [0.1, 0.15) is 54.4 Å². The van der Waals surface area contributed by atoms with E-state index in [9.17, 15) is 4.79 Å². The number of nitrogens with zero attached hydrogens (tertiary/aromatic N) is 1. The van der Waals surface area contributed by atoms with Gasteiger partial charge in [-0.1, -0.05) is 27.7 Å². The fraction of sp³-hybridized carbons (Fsp3) is 0.938. The first-order valence-corrected chi connectivity index (χ1v) is 7.98. The van der Waals surface area contributed by atoms with Crippen molar-refractivity contribution in [1.29, 1.82) is 0 Å². The molecular formula is C16H30N2O2. The predicted octanol–water partition coefficient (Wildman–Crippen LogP) is 2.38. The molecule has 1 heterocycles. The summed E-state index contributed by atoms with van der Waals surface area (Å²) >= 11 is 0. The van der Waals surface area contributed by atoms with Gasteiger partial charge >= 0.3 is 0 Å². The van der Waals surface area contributed by atoms with Crippen LogP contribution in [0.25, 0.3) is 0 Å². The van der Waals surface area contributed by atoms with Crippen molar-refractivity contribution in [1.82, 2.24) is 10.2 Å². The highest BCUT2D eigenvalue weighted by Gasteiger charge is 2.56. The maximum atomic E-state index is 12.7. The third kappa shape index (κ3) is 2.60. The summed E-state index contributed by atoms with van der Waals surface area (Å²) in [6.07, 6.45) is 2.30. The van der Waals surface area contributed by atoms with E-state index in [-0.39, 0.29) is 29.6 Å². The van der Waals surface area contributed by atoms with Gasteiger partial charge in [-0.05, 0) is 32.6 Å². The largest absolute Gasteiger partial charge is 0.378 e. The number of carbonyl (C=O) groups is 1. The second-order valence-corrected chi connectivity index (χ2v) is 7.29. The van der Waals surface area contributed by atoms with Crippen molar-refractivity contribution in [2.75, 3.05) is 6.61 Å². The van der Waals surface area contributed by atoms with Crippen LogP contribution >= 0.6 is 0 Å². The van der Waals surface area contributed by atoms with Crippen molar-refractivity contribution in [3.63, 3.8) is 0 Å². The zero-order valence-electron chi connectivity index (χ0n) is 13.8. The Morgan fingerprint density at radius 3 is 2.60 bits per heavy atom. The van der Waals surface area contributed by atoms with Gasteiger partial charge < -0.3 is 9.64 Å². The molecule has 1 amide bonds. The van der Waals surface area contributed by atoms with E-state index in [0.29, 0.717) is 12.0 Å². The molecule has 2 aliphatic rings. The molecule has 2 fully saturated rings. The van der Waals surface area contributed by atoms with E-state index >= 15 is 0 Å². The van der Waals surface area contributed by atoms with Gasteiger partial charge in [-0.25, -0.2) is 0 Å². The minimum Gasteiger partial charge on any atom is -0.378 e. The van der Waals surface area contributed by atoms with E-state index in [1.165, 1.54) is 0 Å². The molecule has 20 heavy (non-hydrogen) atoms. The van der Waals surface area contributed by atoms with Gasteiger partial charge in [0.15, 0.2) is 0 Å². The van der Waals surface area contributed by atoms with Crippen LogP contribution in [-0.2, 0) is 9.53 Å². The Kier molecular flexibility index (Phi) is 4.45. The van der Waals surface area contributed by atoms with E-state index in [0.717, 1.165) is 19.4 Å². The molecule has 1 N–H and O–H groups in total. The van der Waals surface area contributed by atoms with Crippen LogP contribution in [0.5, 0.6) is 0 Å². The minimum atomic E-state index is -0.00746. The Morgan fingerprint density at radius 1 is 1.45 bits per heavy atom. The summed E-state index contributed by atoms with van der Waals surface area (Å²) in [5.74, 6) is 0.813. The summed E-state index contributed by atoms with van der Waals surface area (Å²) in [5.41, 5.74) is 0.0499. The summed E-state index contributed by atoms with van der Waals surface area (Å²) in [5, 5.41) is 3.45. The minimum absolute atomic E-state index is 0.00746. The first-order valence-electron chi connectivity index (χ1n) is 7.98. The Hall–Kier alpha value is -0.610. The van der Waals surface area contributed by atoms with Crippen molar-refractivity contribution in [3.05, 3.63) is 0 Å². The summed E-state index contributed by atoms with van der Waals surface area (Å²) < 4.78 is 5.79. The normalized spacial score (nSPS) is 36.5. The Morgan fingerprint density at radius 2 is 2.10 bits per heavy atom. The second kappa shape index (κ2) is 5.64. The average molecular weight is 282 g/mol. The standard InChI is InChI=1S/C16H30N2O2/c1-7-20-14-9-13(16(14,5)6)18-11(4)17-12(15(18)19)8-10(2)3/h10-14,17H,7-9H2,1-6H3. The van der Waals surface area contributed by atoms with Gasteiger partial charge in [0.25, 0.3) is 0 Å². The molecule has 1 aliphatic heterocycles. The number of nitrogens with one attached hydrogen (secondary N) is 1. The van der Waals surface area contributed by atoms with Crippen LogP contribution in [0.4, 0.5) is 0 Å². The van der Waals surface area contributed by atoms with Crippen LogP contribution in [0.2, 0.25) is 0 Å². The van der Waals surface area contributed by atoms with Gasteiger partial charge in [0, 0.05) is 18.1 Å². The highest BCUT2D eigenvalue weighted by Crippen LogP contribution is 2.47. The molecule has 0 spiro atoms. The monoisotopic (exact) mass is 282 g/mol. The molecule has 0 aromatic heterocycles. The van der Waals surface area contributed by atoms with Crippen molar-refractivity contribution >= 4 is 5.91 Å². The smallest absolute Gasteiger partial charge is 0.241 e. The van der Waals surface area contributed by atoms with E-state index in [1.54, 1.807) is 0 Å². The number of amides is 1. The van der Waals surface area contributed by atoms with Gasteiger partial charge in [-0.3, -0.25) is 10.1 Å². The maximum absolute atomic E-state index is 12.7. The Balaban J connectivity index is 2.05. The second-order valence-electron chi connectivity index (χ2n) is 7.29. The van der Waals surface area contributed by atoms with E-state index in [1.807, 2.05) is 6.92 Å². The SMILES string of the molecule is CCOC1CC(N2C(=O)C(CC(C)C)NC2C)C1(C)C. The highest BCUT2D eigenvalue weighted by atomic mass is 16.5. The van der Waals surface area contributed by atoms with Crippen LogP contribution in [-0.4, -0.2) is 41.8 Å². The number of hydrogen-bond acceptors (Lipinski definition) is 3. The molecule has 0 aromatic rings. The van der Waals surface area contributed by atoms with Crippen LogP contribution in [0.3, 0.4) is 0 Å². The lowest BCUT2D eigenvalue weighted by Crippen LogP contribution is -2.64. The number of hydrogen-bond donors (Lipinski definition) is 1. The third-order valence-electron chi connectivity index (χ3n) is 4.95. The number of carbonyl (C=O) groups excluding carboxylic acids is 1. The highest BCUT2D eigenvalue weighted by molar-refractivity contribution is 5.84. The molecule has 4 nitrogen and oxygen atoms in total. The third-order valence-corrected chi connectivity index (χ3v) is 4.95. The van der Waals surface area contributed by atoms with Gasteiger partial charge in [0.1, 0.15) is 0 Å². The molecule has 2 rings (SSSR count). The molecule has 1 saturated carbocycles. The molecule has 116 valence electrons. The van der Waals surface area contributed by atoms with Crippen molar-refractivity contribution in [2.45, 2.75) is 78.7 Å². The van der Waals surface area contributed by atoms with Crippen molar-refractivity contribution in [3.8, 4) is 0 Å². The average Bonchev–Trinajstić information content (AvgIpc) is 2.60. The zero-order chi connectivity index (χ0) is 15.1. The van der Waals surface area contributed by atoms with Crippen molar-refractivity contribution < 1.29 is 9.53 Å². The molecular weight excluding hydrogens is 252 g/mol. The molecule has 0 aromatic carbocycles. The van der Waals surface area contributed by atoms with Crippen LogP contribution < -0.4 is 5.32 Å². The van der Waals surface area contributed by atoms with E-state index in [4.69, 9.17) is 4.74 Å². The number of rotatable bonds is 5. The lowest BCUT2D eigenvalue weighted by Gasteiger charge is -2.55. The lowest BCUT2D eigenvalue weighted by atomic mass is 9.63. The number of ether oxygens (including phenoxy) is 1. The van der Waals surface area contributed by atoms with Gasteiger partial charge in [0.2, 0.25) is 5.91 Å². The maximum Gasteiger partial charge on any atom is 0.241 e. The van der Waals surface area contributed by atoms with E-state index < -0.39 is 0 Å².